The van der Waals surface area contributed by atoms with Gasteiger partial charge >= 0.3 is 35.3 Å². The summed E-state index contributed by atoms with van der Waals surface area (Å²) in [6, 6.07) is 11.6. The van der Waals surface area contributed by atoms with Gasteiger partial charge in [0.2, 0.25) is 0 Å². The third kappa shape index (κ3) is 3.29. The standard InChI is InChI=1S/C16H8Cl2N2.2ClH.Pt/c17-12-5-7-19-15-10(12)3-1-9-2-4-11-13(18)6-8-20-16(11)14(9)15;;;/h1-8H;2*1H;/q;;;+2/p-2. The molecule has 0 radical (unpaired) electrons. The molecule has 0 saturated carbocycles. The molecule has 0 bridgehead atoms. The Labute approximate surface area is 159 Å². The number of hydrogen-bond acceptors (Lipinski definition) is 2. The Hall–Kier alpha value is -0.632. The van der Waals surface area contributed by atoms with Gasteiger partial charge in [-0.1, -0.05) is 47.5 Å². The molecule has 7 heteroatoms. The molecule has 2 heterocycles. The minimum absolute atomic E-state index is 0.472. The van der Waals surface area contributed by atoms with E-state index in [0.717, 1.165) is 32.6 Å². The molecular weight excluding hydrogens is 557 g/mol. The van der Waals surface area contributed by atoms with Crippen molar-refractivity contribution in [3.8, 4) is 0 Å². The Balaban J connectivity index is 0.000000485. The average Bonchev–Trinajstić information content (AvgIpc) is 2.55. The number of nitrogens with zero attached hydrogens (tertiary/aromatic N) is 2. The fourth-order valence-electron chi connectivity index (χ4n) is 2.57. The topological polar surface area (TPSA) is 25.8 Å². The zero-order chi connectivity index (χ0) is 16.4. The van der Waals surface area contributed by atoms with Crippen molar-refractivity contribution >= 4 is 74.6 Å². The van der Waals surface area contributed by atoms with Gasteiger partial charge in [0, 0.05) is 28.6 Å². The van der Waals surface area contributed by atoms with Crippen LogP contribution in [0.25, 0.3) is 32.6 Å². The molecule has 120 valence electrons. The Morgan fingerprint density at radius 3 is 1.57 bits per heavy atom. The summed E-state index contributed by atoms with van der Waals surface area (Å²) in [5.41, 5.74) is 1.71. The molecule has 0 atom stereocenters. The van der Waals surface area contributed by atoms with Gasteiger partial charge in [-0.15, -0.1) is 0 Å². The predicted octanol–water partition coefficient (Wildman–Crippen LogP) is 6.62. The zero-order valence-electron chi connectivity index (χ0n) is 11.3. The summed E-state index contributed by atoms with van der Waals surface area (Å²) < 4.78 is 0. The molecule has 4 aromatic rings. The fraction of sp³-hybridized carbons (Fsp3) is 0. The summed E-state index contributed by atoms with van der Waals surface area (Å²) in [4.78, 5) is 8.96. The van der Waals surface area contributed by atoms with E-state index < -0.39 is 16.5 Å². The van der Waals surface area contributed by atoms with Crippen LogP contribution in [0.15, 0.2) is 48.8 Å². The molecule has 2 aromatic carbocycles. The van der Waals surface area contributed by atoms with E-state index in [1.807, 2.05) is 24.3 Å². The van der Waals surface area contributed by atoms with Crippen molar-refractivity contribution in [1.82, 2.24) is 9.97 Å². The molecule has 0 N–H and O–H groups in total. The minimum atomic E-state index is -0.472. The Morgan fingerprint density at radius 1 is 0.696 bits per heavy atom. The Bertz CT molecular complexity index is 931. The van der Waals surface area contributed by atoms with E-state index in [4.69, 9.17) is 42.0 Å². The number of halogens is 4. The third-order valence-electron chi connectivity index (χ3n) is 3.50. The van der Waals surface area contributed by atoms with Crippen molar-refractivity contribution < 1.29 is 16.5 Å². The molecule has 0 aliphatic rings. The normalized spacial score (nSPS) is 11.0. The molecule has 2 nitrogen and oxygen atoms in total. The van der Waals surface area contributed by atoms with Crippen LogP contribution in [-0.4, -0.2) is 9.97 Å². The summed E-state index contributed by atoms with van der Waals surface area (Å²) in [5, 5.41) is 5.30. The molecule has 0 saturated heterocycles. The van der Waals surface area contributed by atoms with Crippen LogP contribution in [-0.2, 0) is 16.5 Å². The van der Waals surface area contributed by atoms with Gasteiger partial charge in [0.15, 0.2) is 0 Å². The van der Waals surface area contributed by atoms with Gasteiger partial charge < -0.3 is 0 Å². The van der Waals surface area contributed by atoms with Crippen molar-refractivity contribution in [1.29, 1.82) is 0 Å². The number of rotatable bonds is 0. The van der Waals surface area contributed by atoms with Crippen LogP contribution in [0.2, 0.25) is 10.0 Å². The van der Waals surface area contributed by atoms with E-state index in [2.05, 4.69) is 9.97 Å². The average molecular weight is 565 g/mol. The van der Waals surface area contributed by atoms with Crippen LogP contribution in [0.5, 0.6) is 0 Å². The number of benzene rings is 2. The summed E-state index contributed by atoms with van der Waals surface area (Å²) in [6.45, 7) is 0. The van der Waals surface area contributed by atoms with Gasteiger partial charge in [-0.3, -0.25) is 9.97 Å². The van der Waals surface area contributed by atoms with Gasteiger partial charge in [-0.05, 0) is 17.5 Å². The SMILES string of the molecule is Clc1ccnc2c1ccc1ccc3c(Cl)ccnc3c12.[Cl][Pt][Cl]. The summed E-state index contributed by atoms with van der Waals surface area (Å²) >= 11 is 12.0. The Kier molecular flexibility index (Phi) is 5.61. The van der Waals surface area contributed by atoms with Crippen LogP contribution in [0.1, 0.15) is 0 Å². The molecular formula is C16H8Cl4N2Pt. The van der Waals surface area contributed by atoms with E-state index in [-0.39, 0.29) is 0 Å². The van der Waals surface area contributed by atoms with E-state index in [1.54, 1.807) is 24.5 Å². The van der Waals surface area contributed by atoms with Crippen LogP contribution in [0.4, 0.5) is 0 Å². The maximum atomic E-state index is 6.25. The van der Waals surface area contributed by atoms with Gasteiger partial charge in [0.25, 0.3) is 0 Å². The van der Waals surface area contributed by atoms with Crippen molar-refractivity contribution in [2.45, 2.75) is 0 Å². The van der Waals surface area contributed by atoms with E-state index in [9.17, 15) is 0 Å². The monoisotopic (exact) mass is 563 g/mol. The van der Waals surface area contributed by atoms with Gasteiger partial charge in [0.05, 0.1) is 21.1 Å². The van der Waals surface area contributed by atoms with Crippen molar-refractivity contribution in [3.63, 3.8) is 0 Å². The fourth-order valence-corrected chi connectivity index (χ4v) is 2.99. The first-order valence-electron chi connectivity index (χ1n) is 6.40. The molecule has 0 unspecified atom stereocenters. The molecule has 0 fully saturated rings. The predicted molar refractivity (Wildman–Crippen MR) is 96.3 cm³/mol. The van der Waals surface area contributed by atoms with Gasteiger partial charge in [-0.25, -0.2) is 0 Å². The summed E-state index contributed by atoms with van der Waals surface area (Å²) in [6.07, 6.45) is 3.43. The first-order chi connectivity index (χ1) is 11.2. The zero-order valence-corrected chi connectivity index (χ0v) is 16.6. The molecule has 4 rings (SSSR count). The van der Waals surface area contributed by atoms with Crippen molar-refractivity contribution in [3.05, 3.63) is 58.8 Å². The summed E-state index contributed by atoms with van der Waals surface area (Å²) in [5.74, 6) is 0. The molecule has 0 amide bonds. The van der Waals surface area contributed by atoms with E-state index >= 15 is 0 Å². The van der Waals surface area contributed by atoms with Crippen LogP contribution < -0.4 is 0 Å². The Morgan fingerprint density at radius 2 is 1.13 bits per heavy atom. The van der Waals surface area contributed by atoms with Crippen LogP contribution in [0.3, 0.4) is 0 Å². The number of fused-ring (bicyclic) bond motifs is 5. The van der Waals surface area contributed by atoms with E-state index in [1.165, 1.54) is 0 Å². The molecule has 0 aliphatic heterocycles. The number of hydrogen-bond donors (Lipinski definition) is 0. The summed E-state index contributed by atoms with van der Waals surface area (Å²) in [7, 11) is 9.75. The molecule has 23 heavy (non-hydrogen) atoms. The molecule has 2 aromatic heterocycles. The van der Waals surface area contributed by atoms with Crippen molar-refractivity contribution in [2.24, 2.45) is 0 Å². The second kappa shape index (κ2) is 7.51. The second-order valence-corrected chi connectivity index (χ2v) is 8.75. The van der Waals surface area contributed by atoms with Crippen LogP contribution >= 0.6 is 42.0 Å². The van der Waals surface area contributed by atoms with Crippen molar-refractivity contribution in [2.75, 3.05) is 0 Å². The van der Waals surface area contributed by atoms with Gasteiger partial charge in [0.1, 0.15) is 0 Å². The first-order valence-corrected chi connectivity index (χ1v) is 12.8. The first kappa shape index (κ1) is 17.2. The third-order valence-corrected chi connectivity index (χ3v) is 4.15. The molecule has 0 spiro atoms. The quantitative estimate of drug-likeness (QED) is 0.224. The maximum absolute atomic E-state index is 6.25. The molecule has 0 aliphatic carbocycles. The number of aromatic nitrogens is 2. The number of pyridine rings is 2. The van der Waals surface area contributed by atoms with Gasteiger partial charge in [-0.2, -0.15) is 0 Å². The van der Waals surface area contributed by atoms with Crippen LogP contribution in [0, 0.1) is 0 Å². The van der Waals surface area contributed by atoms with E-state index in [0.29, 0.717) is 10.0 Å². The second-order valence-electron chi connectivity index (χ2n) is 4.65.